The number of rotatable bonds is 11. The zero-order valence-electron chi connectivity index (χ0n) is 26.1. The number of hydrogen-bond acceptors (Lipinski definition) is 7. The summed E-state index contributed by atoms with van der Waals surface area (Å²) < 4.78 is 44.3. The Bertz CT molecular complexity index is 1510. The number of aromatic nitrogens is 3. The van der Waals surface area contributed by atoms with Crippen molar-refractivity contribution in [3.8, 4) is 0 Å². The van der Waals surface area contributed by atoms with Crippen LogP contribution in [-0.4, -0.2) is 106 Å². The summed E-state index contributed by atoms with van der Waals surface area (Å²) in [5, 5.41) is 7.15. The first-order valence-electron chi connectivity index (χ1n) is 15.5. The van der Waals surface area contributed by atoms with E-state index >= 15 is 0 Å². The molecule has 252 valence electrons. The number of carbonyl (C=O) groups is 3. The summed E-state index contributed by atoms with van der Waals surface area (Å²) in [5.74, 6) is -0.263. The maximum atomic E-state index is 13.5. The number of hydrogen-bond donors (Lipinski definition) is 1. The van der Waals surface area contributed by atoms with Gasteiger partial charge in [0.15, 0.2) is 5.78 Å². The molecule has 1 N–H and O–H groups in total. The summed E-state index contributed by atoms with van der Waals surface area (Å²) in [6.45, 7) is 6.64. The average molecular weight is 668 g/mol. The first-order chi connectivity index (χ1) is 21.5. The summed E-state index contributed by atoms with van der Waals surface area (Å²) in [5.41, 5.74) is 5.83. The van der Waals surface area contributed by atoms with Crippen molar-refractivity contribution in [2.24, 2.45) is 0 Å². The normalized spacial score (nSPS) is 16.8. The van der Waals surface area contributed by atoms with E-state index in [2.05, 4.69) is 15.3 Å². The standard InChI is InChI=1S/C31H40F3N7O4.ClH/c1-3-6-28(42)25-19-35-41(22(25)2)23-9-11-40(12-10-23)36-30(44)26-20-39(27-8-5-4-7-24(26)27)21-29(43)38-15-13-37(14-16-38)17-18-45-31(32,33)34;/h4-5,7-8,19-20,23H,3,6,9-18,21H2,1-2H3,(H,36,44);1H. The highest BCUT2D eigenvalue weighted by Crippen LogP contribution is 2.26. The van der Waals surface area contributed by atoms with Gasteiger partial charge in [-0.2, -0.15) is 5.10 Å². The Morgan fingerprint density at radius 1 is 1.02 bits per heavy atom. The van der Waals surface area contributed by atoms with Crippen molar-refractivity contribution in [3.63, 3.8) is 0 Å². The van der Waals surface area contributed by atoms with Crippen molar-refractivity contribution in [1.82, 2.24) is 34.6 Å². The largest absolute Gasteiger partial charge is 0.522 e. The maximum Gasteiger partial charge on any atom is 0.522 e. The number of amides is 2. The van der Waals surface area contributed by atoms with Crippen LogP contribution in [0, 0.1) is 6.92 Å². The van der Waals surface area contributed by atoms with Gasteiger partial charge >= 0.3 is 6.36 Å². The van der Waals surface area contributed by atoms with Gasteiger partial charge in [-0.1, -0.05) is 25.1 Å². The minimum absolute atomic E-state index is 0. The number of benzene rings is 1. The number of Topliss-reactive ketones (excluding diaryl/α,β-unsaturated/α-hetero) is 1. The molecule has 0 bridgehead atoms. The highest BCUT2D eigenvalue weighted by molar-refractivity contribution is 6.07. The molecule has 2 amide bonds. The third-order valence-corrected chi connectivity index (χ3v) is 8.63. The molecule has 2 fully saturated rings. The van der Waals surface area contributed by atoms with Crippen LogP contribution >= 0.6 is 12.4 Å². The monoisotopic (exact) mass is 667 g/mol. The van der Waals surface area contributed by atoms with Crippen molar-refractivity contribution < 1.29 is 32.3 Å². The zero-order valence-corrected chi connectivity index (χ0v) is 26.9. The SMILES string of the molecule is CCCC(=O)c1cnn(C2CCN(NC(=O)c3cn(CC(=O)N4CCN(CCOC(F)(F)F)CC4)c4ccccc34)CC2)c1C.Cl. The van der Waals surface area contributed by atoms with Crippen molar-refractivity contribution >= 4 is 40.9 Å². The van der Waals surface area contributed by atoms with E-state index in [0.29, 0.717) is 56.8 Å². The van der Waals surface area contributed by atoms with Crippen molar-refractivity contribution in [3.05, 3.63) is 53.5 Å². The second kappa shape index (κ2) is 15.4. The molecule has 15 heteroatoms. The minimum Gasteiger partial charge on any atom is -0.339 e. The number of alkyl halides is 3. The van der Waals surface area contributed by atoms with Crippen LogP contribution in [0.25, 0.3) is 10.9 Å². The molecule has 0 unspecified atom stereocenters. The molecule has 2 saturated heterocycles. The van der Waals surface area contributed by atoms with Crippen LogP contribution < -0.4 is 5.43 Å². The van der Waals surface area contributed by atoms with Gasteiger partial charge < -0.3 is 9.47 Å². The Morgan fingerprint density at radius 2 is 1.72 bits per heavy atom. The van der Waals surface area contributed by atoms with Crippen LogP contribution in [0.4, 0.5) is 13.2 Å². The molecule has 4 heterocycles. The van der Waals surface area contributed by atoms with Gasteiger partial charge in [0.05, 0.1) is 30.0 Å². The third-order valence-electron chi connectivity index (χ3n) is 8.63. The van der Waals surface area contributed by atoms with Gasteiger partial charge in [0.2, 0.25) is 5.91 Å². The second-order valence-corrected chi connectivity index (χ2v) is 11.6. The van der Waals surface area contributed by atoms with Crippen LogP contribution in [0.15, 0.2) is 36.7 Å². The highest BCUT2D eigenvalue weighted by atomic mass is 35.5. The number of piperazine rings is 1. The van der Waals surface area contributed by atoms with Crippen molar-refractivity contribution in [2.75, 3.05) is 52.4 Å². The van der Waals surface area contributed by atoms with Crippen LogP contribution in [0.2, 0.25) is 0 Å². The lowest BCUT2D eigenvalue weighted by Gasteiger charge is -2.34. The molecule has 0 radical (unpaired) electrons. The van der Waals surface area contributed by atoms with E-state index in [1.165, 1.54) is 0 Å². The molecule has 0 aliphatic carbocycles. The molecule has 0 spiro atoms. The number of ketones is 1. The lowest BCUT2D eigenvalue weighted by atomic mass is 10.0. The van der Waals surface area contributed by atoms with Crippen LogP contribution in [0.5, 0.6) is 0 Å². The summed E-state index contributed by atoms with van der Waals surface area (Å²) in [4.78, 5) is 42.6. The first kappa shape index (κ1) is 35.4. The van der Waals surface area contributed by atoms with Crippen molar-refractivity contribution in [1.29, 1.82) is 0 Å². The third kappa shape index (κ3) is 8.46. The summed E-state index contributed by atoms with van der Waals surface area (Å²) in [7, 11) is 0. The van der Waals surface area contributed by atoms with E-state index in [1.807, 2.05) is 52.7 Å². The van der Waals surface area contributed by atoms with Gasteiger partial charge in [-0.25, -0.2) is 5.01 Å². The molecule has 46 heavy (non-hydrogen) atoms. The van der Waals surface area contributed by atoms with Gasteiger partial charge in [-0.15, -0.1) is 25.6 Å². The smallest absolute Gasteiger partial charge is 0.339 e. The highest BCUT2D eigenvalue weighted by Gasteiger charge is 2.30. The predicted octanol–water partition coefficient (Wildman–Crippen LogP) is 4.21. The molecule has 0 atom stereocenters. The fourth-order valence-corrected chi connectivity index (χ4v) is 6.17. The molecule has 1 aromatic carbocycles. The summed E-state index contributed by atoms with van der Waals surface area (Å²) >= 11 is 0. The Labute approximate surface area is 272 Å². The van der Waals surface area contributed by atoms with Crippen LogP contribution in [0.3, 0.4) is 0 Å². The van der Waals surface area contributed by atoms with Crippen LogP contribution in [-0.2, 0) is 16.1 Å². The number of carbonyl (C=O) groups excluding carboxylic acids is 3. The number of ether oxygens (including phenoxy) is 1. The van der Waals surface area contributed by atoms with Gasteiger partial charge in [-0.05, 0) is 32.3 Å². The van der Waals surface area contributed by atoms with E-state index in [4.69, 9.17) is 0 Å². The number of fused-ring (bicyclic) bond motifs is 1. The molecule has 2 aromatic heterocycles. The van der Waals surface area contributed by atoms with E-state index in [1.54, 1.807) is 21.9 Å². The van der Waals surface area contributed by atoms with E-state index in [0.717, 1.165) is 35.9 Å². The fraction of sp³-hybridized carbons (Fsp3) is 0.548. The zero-order chi connectivity index (χ0) is 32.1. The Morgan fingerprint density at radius 3 is 2.39 bits per heavy atom. The first-order valence-corrected chi connectivity index (χ1v) is 15.5. The Kier molecular flexibility index (Phi) is 11.9. The number of nitrogens with zero attached hydrogens (tertiary/aromatic N) is 6. The predicted molar refractivity (Wildman–Crippen MR) is 168 cm³/mol. The molecule has 5 rings (SSSR count). The molecule has 3 aromatic rings. The number of nitrogens with one attached hydrogen (secondary N) is 1. The molecule has 2 aliphatic rings. The molecule has 2 aliphatic heterocycles. The fourth-order valence-electron chi connectivity index (χ4n) is 6.17. The van der Waals surface area contributed by atoms with Gasteiger partial charge in [0.1, 0.15) is 6.54 Å². The average Bonchev–Trinajstić information content (AvgIpc) is 3.58. The van der Waals surface area contributed by atoms with E-state index in [9.17, 15) is 27.6 Å². The van der Waals surface area contributed by atoms with Crippen LogP contribution in [0.1, 0.15) is 65.1 Å². The summed E-state index contributed by atoms with van der Waals surface area (Å²) in [6, 6.07) is 7.58. The number of hydrazine groups is 1. The Hall–Kier alpha value is -3.46. The quantitative estimate of drug-likeness (QED) is 0.306. The van der Waals surface area contributed by atoms with E-state index in [-0.39, 0.29) is 49.1 Å². The molecule has 0 saturated carbocycles. The van der Waals surface area contributed by atoms with E-state index < -0.39 is 13.0 Å². The number of halogens is 4. The maximum absolute atomic E-state index is 13.5. The summed E-state index contributed by atoms with van der Waals surface area (Å²) in [6.07, 6.45) is 1.56. The van der Waals surface area contributed by atoms with Gasteiger partial charge in [0.25, 0.3) is 5.91 Å². The minimum atomic E-state index is -4.65. The number of piperidine rings is 1. The second-order valence-electron chi connectivity index (χ2n) is 11.6. The lowest BCUT2D eigenvalue weighted by Crippen LogP contribution is -2.50. The molecular formula is C31H41ClF3N7O4. The number of para-hydroxylation sites is 1. The molecular weight excluding hydrogens is 627 g/mol. The lowest BCUT2D eigenvalue weighted by molar-refractivity contribution is -0.325. The molecule has 11 nitrogen and oxygen atoms in total. The topological polar surface area (TPSA) is 105 Å². The van der Waals surface area contributed by atoms with Gasteiger partial charge in [0, 0.05) is 75.0 Å². The Balaban J connectivity index is 0.00000480. The van der Waals surface area contributed by atoms with Crippen molar-refractivity contribution in [2.45, 2.75) is 58.5 Å². The van der Waals surface area contributed by atoms with Gasteiger partial charge in [-0.3, -0.25) is 34.1 Å².